The number of nitrogens with two attached hydrogens (primary N) is 1. The molecule has 1 aromatic heterocycles. The molecule has 2 rings (SSSR count). The van der Waals surface area contributed by atoms with Crippen molar-refractivity contribution in [3.05, 3.63) is 49.6 Å². The van der Waals surface area contributed by atoms with Crippen LogP contribution in [0.5, 0.6) is 0 Å². The Morgan fingerprint density at radius 2 is 2.16 bits per heavy atom. The second-order valence-electron chi connectivity index (χ2n) is 3.91. The Bertz CT molecular complexity index is 598. The van der Waals surface area contributed by atoms with Gasteiger partial charge in [0.25, 0.3) is 0 Å². The first-order chi connectivity index (χ1) is 9.08. The number of hydrogen-bond donors (Lipinski definition) is 2. The maximum atomic E-state index is 6.11. The molecule has 19 heavy (non-hydrogen) atoms. The molecular weight excluding hydrogens is 364 g/mol. The summed E-state index contributed by atoms with van der Waals surface area (Å²) in [6.45, 7) is 0.808. The van der Waals surface area contributed by atoms with Gasteiger partial charge in [-0.15, -0.1) is 11.3 Å². The monoisotopic (exact) mass is 374 g/mol. The standard InChI is InChI=1S/C13H12BrClN2S2/c14-11-5-4-8(19-11)6-7-17-10-3-1-2-9(15)12(10)13(16)18/h1-5,17H,6-7H2,(H2,16,18). The first-order valence-electron chi connectivity index (χ1n) is 5.64. The summed E-state index contributed by atoms with van der Waals surface area (Å²) in [6, 6.07) is 9.78. The van der Waals surface area contributed by atoms with Crippen LogP contribution in [0.15, 0.2) is 34.1 Å². The maximum Gasteiger partial charge on any atom is 0.107 e. The molecule has 0 saturated carbocycles. The summed E-state index contributed by atoms with van der Waals surface area (Å²) in [7, 11) is 0. The quantitative estimate of drug-likeness (QED) is 0.758. The van der Waals surface area contributed by atoms with Crippen LogP contribution < -0.4 is 11.1 Å². The highest BCUT2D eigenvalue weighted by Gasteiger charge is 2.09. The van der Waals surface area contributed by atoms with E-state index in [9.17, 15) is 0 Å². The highest BCUT2D eigenvalue weighted by atomic mass is 79.9. The number of hydrogen-bond acceptors (Lipinski definition) is 3. The van der Waals surface area contributed by atoms with Crippen molar-refractivity contribution in [1.82, 2.24) is 0 Å². The van der Waals surface area contributed by atoms with Crippen molar-refractivity contribution in [3.63, 3.8) is 0 Å². The van der Waals surface area contributed by atoms with Crippen molar-refractivity contribution in [1.29, 1.82) is 0 Å². The predicted molar refractivity (Wildman–Crippen MR) is 91.6 cm³/mol. The van der Waals surface area contributed by atoms with E-state index in [4.69, 9.17) is 29.6 Å². The van der Waals surface area contributed by atoms with E-state index >= 15 is 0 Å². The average Bonchev–Trinajstić information content (AvgIpc) is 2.74. The highest BCUT2D eigenvalue weighted by molar-refractivity contribution is 9.11. The lowest BCUT2D eigenvalue weighted by Crippen LogP contribution is -2.15. The predicted octanol–water partition coefficient (Wildman–Crippen LogP) is 4.45. The molecule has 0 bridgehead atoms. The van der Waals surface area contributed by atoms with Crippen LogP contribution in [0.2, 0.25) is 5.02 Å². The number of thiophene rings is 1. The number of rotatable bonds is 5. The van der Waals surface area contributed by atoms with Gasteiger partial charge in [-0.05, 0) is 46.6 Å². The molecule has 1 heterocycles. The van der Waals surface area contributed by atoms with Gasteiger partial charge in [0.15, 0.2) is 0 Å². The topological polar surface area (TPSA) is 38.0 Å². The molecule has 2 nitrogen and oxygen atoms in total. The third kappa shape index (κ3) is 3.92. The molecule has 3 N–H and O–H groups in total. The second kappa shape index (κ2) is 6.70. The van der Waals surface area contributed by atoms with Crippen LogP contribution in [0.25, 0.3) is 0 Å². The third-order valence-electron chi connectivity index (χ3n) is 2.58. The fraction of sp³-hybridized carbons (Fsp3) is 0.154. The normalized spacial score (nSPS) is 10.4. The number of thiocarbonyl (C=S) groups is 1. The minimum atomic E-state index is 0.312. The van der Waals surface area contributed by atoms with Crippen LogP contribution in [0, 0.1) is 0 Å². The van der Waals surface area contributed by atoms with E-state index in [1.54, 1.807) is 17.4 Å². The van der Waals surface area contributed by atoms with Gasteiger partial charge in [0.05, 0.1) is 14.4 Å². The van der Waals surface area contributed by atoms with E-state index < -0.39 is 0 Å². The lowest BCUT2D eigenvalue weighted by Gasteiger charge is -2.12. The summed E-state index contributed by atoms with van der Waals surface area (Å²) in [6.07, 6.45) is 0.944. The van der Waals surface area contributed by atoms with Gasteiger partial charge in [-0.2, -0.15) is 0 Å². The van der Waals surface area contributed by atoms with Crippen LogP contribution in [0.3, 0.4) is 0 Å². The van der Waals surface area contributed by atoms with Crippen molar-refractivity contribution in [2.45, 2.75) is 6.42 Å². The van der Waals surface area contributed by atoms with Gasteiger partial charge in [0.2, 0.25) is 0 Å². The Balaban J connectivity index is 2.03. The molecule has 100 valence electrons. The Kier molecular flexibility index (Phi) is 5.21. The summed E-state index contributed by atoms with van der Waals surface area (Å²) in [5.74, 6) is 0. The van der Waals surface area contributed by atoms with Crippen molar-refractivity contribution in [2.75, 3.05) is 11.9 Å². The molecule has 0 fully saturated rings. The second-order valence-corrected chi connectivity index (χ2v) is 7.30. The molecule has 0 amide bonds. The Hall–Kier alpha value is -0.620. The summed E-state index contributed by atoms with van der Waals surface area (Å²) in [4.78, 5) is 1.63. The van der Waals surface area contributed by atoms with Gasteiger partial charge < -0.3 is 11.1 Å². The zero-order chi connectivity index (χ0) is 13.8. The molecule has 0 saturated heterocycles. The largest absolute Gasteiger partial charge is 0.389 e. The van der Waals surface area contributed by atoms with Gasteiger partial charge in [-0.3, -0.25) is 0 Å². The fourth-order valence-electron chi connectivity index (χ4n) is 1.73. The van der Waals surface area contributed by atoms with E-state index in [0.717, 1.165) is 22.4 Å². The Labute approximate surface area is 135 Å². The van der Waals surface area contributed by atoms with Gasteiger partial charge in [-0.25, -0.2) is 0 Å². The minimum absolute atomic E-state index is 0.312. The lowest BCUT2D eigenvalue weighted by atomic mass is 10.1. The van der Waals surface area contributed by atoms with Crippen molar-refractivity contribution >= 4 is 61.8 Å². The van der Waals surface area contributed by atoms with Crippen LogP contribution in [0.1, 0.15) is 10.4 Å². The molecule has 1 aromatic carbocycles. The van der Waals surface area contributed by atoms with Gasteiger partial charge >= 0.3 is 0 Å². The van der Waals surface area contributed by atoms with E-state index in [1.807, 2.05) is 12.1 Å². The van der Waals surface area contributed by atoms with E-state index in [0.29, 0.717) is 15.6 Å². The SMILES string of the molecule is NC(=S)c1c(Cl)cccc1NCCc1ccc(Br)s1. The summed E-state index contributed by atoms with van der Waals surface area (Å²) >= 11 is 16.3. The van der Waals surface area contributed by atoms with Gasteiger partial charge in [0.1, 0.15) is 4.99 Å². The summed E-state index contributed by atoms with van der Waals surface area (Å²) in [5.41, 5.74) is 7.30. The molecule has 0 aliphatic heterocycles. The van der Waals surface area contributed by atoms with Crippen LogP contribution in [0.4, 0.5) is 5.69 Å². The number of benzene rings is 1. The smallest absolute Gasteiger partial charge is 0.107 e. The Morgan fingerprint density at radius 1 is 1.37 bits per heavy atom. The van der Waals surface area contributed by atoms with Crippen molar-refractivity contribution < 1.29 is 0 Å². The molecular formula is C13H12BrClN2S2. The average molecular weight is 376 g/mol. The van der Waals surface area contributed by atoms with E-state index in [1.165, 1.54) is 4.88 Å². The number of halogens is 2. The third-order valence-corrected chi connectivity index (χ3v) is 4.78. The molecule has 0 aliphatic carbocycles. The van der Waals surface area contributed by atoms with Crippen LogP contribution in [-0.2, 0) is 6.42 Å². The molecule has 0 aliphatic rings. The number of nitrogens with one attached hydrogen (secondary N) is 1. The molecule has 0 spiro atoms. The molecule has 2 aromatic rings. The Morgan fingerprint density at radius 3 is 2.79 bits per heavy atom. The molecule has 0 radical (unpaired) electrons. The molecule has 6 heteroatoms. The first-order valence-corrected chi connectivity index (χ1v) is 8.04. The highest BCUT2D eigenvalue weighted by Crippen LogP contribution is 2.25. The minimum Gasteiger partial charge on any atom is -0.389 e. The lowest BCUT2D eigenvalue weighted by molar-refractivity contribution is 1.04. The van der Waals surface area contributed by atoms with E-state index in [-0.39, 0.29) is 0 Å². The van der Waals surface area contributed by atoms with Crippen molar-refractivity contribution in [2.24, 2.45) is 5.73 Å². The van der Waals surface area contributed by atoms with Crippen LogP contribution >= 0.6 is 51.1 Å². The zero-order valence-corrected chi connectivity index (χ0v) is 13.9. The molecule has 0 atom stereocenters. The van der Waals surface area contributed by atoms with Gasteiger partial charge in [-0.1, -0.05) is 29.9 Å². The van der Waals surface area contributed by atoms with Crippen LogP contribution in [-0.4, -0.2) is 11.5 Å². The summed E-state index contributed by atoms with van der Waals surface area (Å²) < 4.78 is 1.15. The maximum absolute atomic E-state index is 6.11. The summed E-state index contributed by atoms with van der Waals surface area (Å²) in [5, 5.41) is 3.91. The number of anilines is 1. The first kappa shape index (κ1) is 14.8. The molecule has 0 unspecified atom stereocenters. The van der Waals surface area contributed by atoms with Crippen molar-refractivity contribution in [3.8, 4) is 0 Å². The van der Waals surface area contributed by atoms with E-state index in [2.05, 4.69) is 33.4 Å². The fourth-order valence-corrected chi connectivity index (χ4v) is 3.76. The zero-order valence-electron chi connectivity index (χ0n) is 9.95. The van der Waals surface area contributed by atoms with Gasteiger partial charge in [0, 0.05) is 17.1 Å².